The fourth-order valence-corrected chi connectivity index (χ4v) is 1.45. The van der Waals surface area contributed by atoms with Crippen molar-refractivity contribution in [3.8, 4) is 5.75 Å². The van der Waals surface area contributed by atoms with Gasteiger partial charge in [-0.05, 0) is 47.2 Å². The van der Waals surface area contributed by atoms with E-state index in [1.807, 2.05) is 0 Å². The van der Waals surface area contributed by atoms with Gasteiger partial charge in [-0.2, -0.15) is 0 Å². The zero-order valence-corrected chi connectivity index (χ0v) is 10.2. The van der Waals surface area contributed by atoms with Crippen LogP contribution in [0.5, 0.6) is 5.75 Å². The van der Waals surface area contributed by atoms with Gasteiger partial charge in [-0.3, -0.25) is 0 Å². The molecule has 0 saturated carbocycles. The van der Waals surface area contributed by atoms with Crippen molar-refractivity contribution in [1.82, 2.24) is 0 Å². The second kappa shape index (κ2) is 5.59. The smallest absolute Gasteiger partial charge is 0.165 e. The quantitative estimate of drug-likeness (QED) is 0.472. The van der Waals surface area contributed by atoms with Gasteiger partial charge in [0.1, 0.15) is 0 Å². The fourth-order valence-electron chi connectivity index (χ4n) is 0.842. The molecule has 0 aliphatic rings. The molecule has 0 aliphatic heterocycles. The summed E-state index contributed by atoms with van der Waals surface area (Å²) in [5, 5.41) is 0. The van der Waals surface area contributed by atoms with Crippen molar-refractivity contribution in [1.29, 1.82) is 0 Å². The molecule has 69 valence electrons. The zero-order chi connectivity index (χ0) is 9.68. The molecule has 0 fully saturated rings. The molecule has 1 aromatic carbocycles. The van der Waals surface area contributed by atoms with Crippen LogP contribution in [-0.2, 0) is 0 Å². The molecule has 3 radical (unpaired) electrons. The van der Waals surface area contributed by atoms with Crippen molar-refractivity contribution in [3.63, 3.8) is 0 Å². The van der Waals surface area contributed by atoms with E-state index in [9.17, 15) is 4.39 Å². The Hall–Kier alpha value is -0.103. The maximum Gasteiger partial charge on any atom is 0.165 e. The van der Waals surface area contributed by atoms with Crippen molar-refractivity contribution in [2.75, 3.05) is 6.61 Å². The predicted octanol–water partition coefficient (Wildman–Crippen LogP) is 2.79. The number of halogens is 2. The highest BCUT2D eigenvalue weighted by Gasteiger charge is 2.02. The molecule has 0 aromatic heterocycles. The Labute approximate surface area is 94.2 Å². The molecule has 0 unspecified atom stereocenters. The molecule has 13 heavy (non-hydrogen) atoms. The lowest BCUT2D eigenvalue weighted by molar-refractivity contribution is 0.301. The highest BCUT2D eigenvalue weighted by molar-refractivity contribution is 14.1. The summed E-state index contributed by atoms with van der Waals surface area (Å²) < 4.78 is 19.3. The van der Waals surface area contributed by atoms with E-state index in [4.69, 9.17) is 4.74 Å². The lowest BCUT2D eigenvalue weighted by atomic mass is 10.3. The topological polar surface area (TPSA) is 9.23 Å². The summed E-state index contributed by atoms with van der Waals surface area (Å²) in [6, 6.07) is 5.70. The van der Waals surface area contributed by atoms with Gasteiger partial charge in [-0.25, -0.2) is 4.39 Å². The van der Waals surface area contributed by atoms with E-state index in [1.165, 1.54) is 6.07 Å². The Kier molecular flexibility index (Phi) is 4.72. The molecule has 0 atom stereocenters. The maximum atomic E-state index is 13.1. The molecule has 4 heteroatoms. The van der Waals surface area contributed by atoms with Crippen LogP contribution >= 0.6 is 22.6 Å². The van der Waals surface area contributed by atoms with Gasteiger partial charge in [0.05, 0.1) is 6.61 Å². The first kappa shape index (κ1) is 11.0. The molecule has 1 rings (SSSR count). The van der Waals surface area contributed by atoms with E-state index >= 15 is 0 Å². The minimum atomic E-state index is -0.297. The minimum Gasteiger partial charge on any atom is -0.490 e. The van der Waals surface area contributed by atoms with Gasteiger partial charge in [0.25, 0.3) is 0 Å². The maximum absolute atomic E-state index is 13.1. The third-order valence-electron chi connectivity index (χ3n) is 1.47. The van der Waals surface area contributed by atoms with Crippen molar-refractivity contribution in [3.05, 3.63) is 27.6 Å². The van der Waals surface area contributed by atoms with Crippen LogP contribution in [0.2, 0.25) is 6.04 Å². The Morgan fingerprint density at radius 3 is 2.92 bits per heavy atom. The van der Waals surface area contributed by atoms with Gasteiger partial charge in [-0.15, -0.1) is 0 Å². The monoisotopic (exact) mass is 307 g/mol. The van der Waals surface area contributed by atoms with E-state index in [0.717, 1.165) is 16.0 Å². The first-order chi connectivity index (χ1) is 6.24. The largest absolute Gasteiger partial charge is 0.490 e. The number of hydrogen-bond donors (Lipinski definition) is 0. The molecule has 0 N–H and O–H groups in total. The summed E-state index contributed by atoms with van der Waals surface area (Å²) in [4.78, 5) is 0. The van der Waals surface area contributed by atoms with Gasteiger partial charge in [0, 0.05) is 13.8 Å². The van der Waals surface area contributed by atoms with Crippen molar-refractivity contribution in [2.24, 2.45) is 0 Å². The minimum absolute atomic E-state index is 0.297. The van der Waals surface area contributed by atoms with Crippen LogP contribution in [0, 0.1) is 9.39 Å². The number of ether oxygens (including phenoxy) is 1. The van der Waals surface area contributed by atoms with Gasteiger partial charge in [0.15, 0.2) is 11.6 Å². The second-order valence-electron chi connectivity index (χ2n) is 2.53. The lowest BCUT2D eigenvalue weighted by Crippen LogP contribution is -1.99. The molecular weight excluding hydrogens is 298 g/mol. The number of hydrogen-bond acceptors (Lipinski definition) is 1. The molecule has 1 aromatic rings. The summed E-state index contributed by atoms with van der Waals surface area (Å²) in [5.41, 5.74) is 0. The molecule has 0 bridgehead atoms. The van der Waals surface area contributed by atoms with Crippen LogP contribution in [-0.4, -0.2) is 16.8 Å². The van der Waals surface area contributed by atoms with Crippen LogP contribution in [0.3, 0.4) is 0 Å². The van der Waals surface area contributed by atoms with Crippen LogP contribution in [0.15, 0.2) is 18.2 Å². The van der Waals surface area contributed by atoms with Gasteiger partial charge >= 0.3 is 0 Å². The first-order valence-corrected chi connectivity index (χ1v) is 5.75. The molecule has 0 aliphatic carbocycles. The third kappa shape index (κ3) is 3.64. The molecule has 0 spiro atoms. The summed E-state index contributed by atoms with van der Waals surface area (Å²) in [5.74, 6) is 0.0430. The first-order valence-electron chi connectivity index (χ1n) is 3.96. The predicted molar refractivity (Wildman–Crippen MR) is 59.8 cm³/mol. The molecular formula is C9H9FIOSi. The van der Waals surface area contributed by atoms with Crippen LogP contribution in [0.25, 0.3) is 0 Å². The lowest BCUT2D eigenvalue weighted by Gasteiger charge is -2.06. The van der Waals surface area contributed by atoms with Crippen molar-refractivity contribution in [2.45, 2.75) is 12.5 Å². The van der Waals surface area contributed by atoms with E-state index in [1.54, 1.807) is 12.1 Å². The summed E-state index contributed by atoms with van der Waals surface area (Å²) >= 11 is 2.13. The standard InChI is InChI=1S/C9H9FIOSi/c10-8-3-2-7(11)6-9(8)12-4-1-5-13/h2-3,6H,1,4-5H2. The number of benzene rings is 1. The second-order valence-corrected chi connectivity index (χ2v) is 4.27. The van der Waals surface area contributed by atoms with Gasteiger partial charge < -0.3 is 4.74 Å². The normalized spacial score (nSPS) is 10.1. The summed E-state index contributed by atoms with van der Waals surface area (Å²) in [6.07, 6.45) is 0.877. The SMILES string of the molecule is Fc1ccc(I)cc1OCCC[Si]. The van der Waals surface area contributed by atoms with E-state index in [0.29, 0.717) is 12.4 Å². The fraction of sp³-hybridized carbons (Fsp3) is 0.333. The van der Waals surface area contributed by atoms with E-state index in [-0.39, 0.29) is 5.82 Å². The van der Waals surface area contributed by atoms with E-state index in [2.05, 4.69) is 32.8 Å². The highest BCUT2D eigenvalue weighted by Crippen LogP contribution is 2.19. The summed E-state index contributed by atoms with van der Waals surface area (Å²) in [6.45, 7) is 0.542. The molecule has 0 heterocycles. The van der Waals surface area contributed by atoms with Gasteiger partial charge in [-0.1, -0.05) is 6.04 Å². The Morgan fingerprint density at radius 1 is 1.46 bits per heavy atom. The highest BCUT2D eigenvalue weighted by atomic mass is 127. The van der Waals surface area contributed by atoms with Gasteiger partial charge in [0.2, 0.25) is 0 Å². The Bertz CT molecular complexity index is 280. The van der Waals surface area contributed by atoms with Crippen LogP contribution in [0.1, 0.15) is 6.42 Å². The molecule has 0 amide bonds. The number of rotatable bonds is 4. The third-order valence-corrected chi connectivity index (χ3v) is 2.50. The average molecular weight is 307 g/mol. The summed E-state index contributed by atoms with van der Waals surface area (Å²) in [7, 11) is 3.33. The van der Waals surface area contributed by atoms with Crippen LogP contribution < -0.4 is 4.74 Å². The van der Waals surface area contributed by atoms with Crippen molar-refractivity contribution >= 4 is 32.8 Å². The van der Waals surface area contributed by atoms with Crippen LogP contribution in [0.4, 0.5) is 4.39 Å². The Balaban J connectivity index is 2.59. The van der Waals surface area contributed by atoms with E-state index < -0.39 is 0 Å². The molecule has 0 saturated heterocycles. The average Bonchev–Trinajstić information content (AvgIpc) is 2.11. The van der Waals surface area contributed by atoms with Crippen molar-refractivity contribution < 1.29 is 9.13 Å². The molecule has 1 nitrogen and oxygen atoms in total. The zero-order valence-electron chi connectivity index (χ0n) is 7.02. The Morgan fingerprint density at radius 2 is 2.23 bits per heavy atom.